The summed E-state index contributed by atoms with van der Waals surface area (Å²) in [5.41, 5.74) is 3.47. The van der Waals surface area contributed by atoms with Gasteiger partial charge in [-0.05, 0) is 35.4 Å². The minimum atomic E-state index is -0.797. The molecule has 3 atom stereocenters. The van der Waals surface area contributed by atoms with Gasteiger partial charge in [0.05, 0.1) is 6.10 Å². The molecule has 2 N–H and O–H groups in total. The number of rotatable bonds is 4. The molecule has 3 rings (SSSR count). The van der Waals surface area contributed by atoms with Crippen LogP contribution in [-0.2, 0) is 6.42 Å². The van der Waals surface area contributed by atoms with Crippen LogP contribution in [0.25, 0.3) is 0 Å². The van der Waals surface area contributed by atoms with E-state index in [9.17, 15) is 10.2 Å². The molecule has 0 amide bonds. The van der Waals surface area contributed by atoms with Crippen molar-refractivity contribution in [1.29, 1.82) is 0 Å². The van der Waals surface area contributed by atoms with Crippen LogP contribution in [0, 0.1) is 0 Å². The highest BCUT2D eigenvalue weighted by atomic mass is 16.3. The summed E-state index contributed by atoms with van der Waals surface area (Å²) in [6, 6.07) is 17.7. The molecule has 98 valence electrons. The van der Waals surface area contributed by atoms with Gasteiger partial charge in [-0.2, -0.15) is 0 Å². The molecule has 2 nitrogen and oxygen atoms in total. The molecule has 0 saturated heterocycles. The van der Waals surface area contributed by atoms with Crippen LogP contribution in [0.3, 0.4) is 0 Å². The average molecular weight is 254 g/mol. The Morgan fingerprint density at radius 1 is 0.947 bits per heavy atom. The Morgan fingerprint density at radius 3 is 2.37 bits per heavy atom. The minimum Gasteiger partial charge on any atom is -0.390 e. The summed E-state index contributed by atoms with van der Waals surface area (Å²) in [6.45, 7) is 0. The molecule has 0 bridgehead atoms. The van der Waals surface area contributed by atoms with E-state index in [-0.39, 0.29) is 0 Å². The summed E-state index contributed by atoms with van der Waals surface area (Å²) >= 11 is 0. The molecule has 19 heavy (non-hydrogen) atoms. The summed E-state index contributed by atoms with van der Waals surface area (Å²) in [7, 11) is 0. The van der Waals surface area contributed by atoms with Crippen LogP contribution in [0.4, 0.5) is 0 Å². The highest BCUT2D eigenvalue weighted by molar-refractivity contribution is 5.40. The van der Waals surface area contributed by atoms with Crippen molar-refractivity contribution >= 4 is 0 Å². The first kappa shape index (κ1) is 12.4. The smallest absolute Gasteiger partial charge is 0.105 e. The SMILES string of the molecule is OC(CC1Cc2ccccc21)C(O)c1ccccc1. The first-order valence-electron chi connectivity index (χ1n) is 6.74. The summed E-state index contributed by atoms with van der Waals surface area (Å²) in [5, 5.41) is 20.3. The van der Waals surface area contributed by atoms with Crippen molar-refractivity contribution in [2.75, 3.05) is 0 Å². The Hall–Kier alpha value is -1.64. The largest absolute Gasteiger partial charge is 0.390 e. The molecular weight excluding hydrogens is 236 g/mol. The van der Waals surface area contributed by atoms with Gasteiger partial charge in [0.25, 0.3) is 0 Å². The van der Waals surface area contributed by atoms with Crippen molar-refractivity contribution in [3.63, 3.8) is 0 Å². The number of benzene rings is 2. The zero-order chi connectivity index (χ0) is 13.2. The Labute approximate surface area is 113 Å². The number of fused-ring (bicyclic) bond motifs is 1. The van der Waals surface area contributed by atoms with Gasteiger partial charge >= 0.3 is 0 Å². The molecular formula is C17H18O2. The molecule has 0 aliphatic heterocycles. The Bertz CT molecular complexity index is 550. The van der Waals surface area contributed by atoms with E-state index in [1.54, 1.807) is 0 Å². The number of hydrogen-bond acceptors (Lipinski definition) is 2. The first-order chi connectivity index (χ1) is 9.25. The lowest BCUT2D eigenvalue weighted by atomic mass is 9.74. The first-order valence-corrected chi connectivity index (χ1v) is 6.74. The van der Waals surface area contributed by atoms with Gasteiger partial charge in [0.2, 0.25) is 0 Å². The van der Waals surface area contributed by atoms with Crippen molar-refractivity contribution in [1.82, 2.24) is 0 Å². The molecule has 0 aromatic heterocycles. The third-order valence-corrected chi connectivity index (χ3v) is 3.99. The van der Waals surface area contributed by atoms with Gasteiger partial charge < -0.3 is 10.2 Å². The van der Waals surface area contributed by atoms with Crippen molar-refractivity contribution in [3.8, 4) is 0 Å². The molecule has 0 heterocycles. The summed E-state index contributed by atoms with van der Waals surface area (Å²) in [6.07, 6.45) is 0.122. The molecule has 0 fully saturated rings. The Kier molecular flexibility index (Phi) is 3.36. The zero-order valence-corrected chi connectivity index (χ0v) is 10.7. The third kappa shape index (κ3) is 2.42. The van der Waals surface area contributed by atoms with Gasteiger partial charge in [-0.1, -0.05) is 54.6 Å². The van der Waals surface area contributed by atoms with E-state index in [1.165, 1.54) is 11.1 Å². The summed E-state index contributed by atoms with van der Waals surface area (Å²) in [4.78, 5) is 0. The van der Waals surface area contributed by atoms with Gasteiger partial charge in [0, 0.05) is 0 Å². The van der Waals surface area contributed by atoms with Crippen molar-refractivity contribution in [2.24, 2.45) is 0 Å². The Balaban J connectivity index is 1.66. The standard InChI is InChI=1S/C17H18O2/c18-16(17(19)12-6-2-1-3-7-12)11-14-10-13-8-4-5-9-15(13)14/h1-9,14,16-19H,10-11H2. The number of aliphatic hydroxyl groups excluding tert-OH is 2. The lowest BCUT2D eigenvalue weighted by Crippen LogP contribution is -2.26. The van der Waals surface area contributed by atoms with Crippen molar-refractivity contribution in [3.05, 3.63) is 71.3 Å². The Morgan fingerprint density at radius 2 is 1.63 bits per heavy atom. The van der Waals surface area contributed by atoms with Crippen LogP contribution in [0.1, 0.15) is 35.1 Å². The second-order valence-electron chi connectivity index (χ2n) is 5.26. The molecule has 1 aliphatic carbocycles. The lowest BCUT2D eigenvalue weighted by Gasteiger charge is -2.32. The molecule has 2 aromatic carbocycles. The van der Waals surface area contributed by atoms with Crippen LogP contribution in [-0.4, -0.2) is 16.3 Å². The van der Waals surface area contributed by atoms with Crippen LogP contribution < -0.4 is 0 Å². The fraction of sp³-hybridized carbons (Fsp3) is 0.294. The molecule has 2 aromatic rings. The average Bonchev–Trinajstić information content (AvgIpc) is 2.44. The number of aliphatic hydroxyl groups is 2. The van der Waals surface area contributed by atoms with E-state index in [2.05, 4.69) is 12.1 Å². The summed E-state index contributed by atoms with van der Waals surface area (Å²) in [5.74, 6) is 0.379. The van der Waals surface area contributed by atoms with Gasteiger partial charge in [-0.3, -0.25) is 0 Å². The summed E-state index contributed by atoms with van der Waals surface area (Å²) < 4.78 is 0. The van der Waals surface area contributed by atoms with Crippen LogP contribution in [0.2, 0.25) is 0 Å². The van der Waals surface area contributed by atoms with Crippen molar-refractivity contribution < 1.29 is 10.2 Å². The predicted octanol–water partition coefficient (Wildman–Crippen LogP) is 2.81. The third-order valence-electron chi connectivity index (χ3n) is 3.99. The highest BCUT2D eigenvalue weighted by Crippen LogP contribution is 2.39. The molecule has 2 heteroatoms. The maximum absolute atomic E-state index is 10.2. The van der Waals surface area contributed by atoms with Crippen LogP contribution in [0.15, 0.2) is 54.6 Å². The topological polar surface area (TPSA) is 40.5 Å². The molecule has 3 unspecified atom stereocenters. The second-order valence-corrected chi connectivity index (χ2v) is 5.26. The van der Waals surface area contributed by atoms with Gasteiger partial charge in [0.1, 0.15) is 6.10 Å². The monoisotopic (exact) mass is 254 g/mol. The molecule has 1 aliphatic rings. The minimum absolute atomic E-state index is 0.379. The predicted molar refractivity (Wildman–Crippen MR) is 74.9 cm³/mol. The quantitative estimate of drug-likeness (QED) is 0.880. The second kappa shape index (κ2) is 5.16. The van der Waals surface area contributed by atoms with Crippen LogP contribution >= 0.6 is 0 Å². The maximum atomic E-state index is 10.2. The molecule has 0 radical (unpaired) electrons. The normalized spacial score (nSPS) is 20.2. The van der Waals surface area contributed by atoms with Crippen molar-refractivity contribution in [2.45, 2.75) is 31.0 Å². The fourth-order valence-electron chi connectivity index (χ4n) is 2.87. The fourth-order valence-corrected chi connectivity index (χ4v) is 2.87. The molecule has 0 spiro atoms. The van der Waals surface area contributed by atoms with Gasteiger partial charge in [0.15, 0.2) is 0 Å². The zero-order valence-electron chi connectivity index (χ0n) is 10.7. The number of hydrogen-bond donors (Lipinski definition) is 2. The van der Waals surface area contributed by atoms with E-state index in [1.807, 2.05) is 42.5 Å². The lowest BCUT2D eigenvalue weighted by molar-refractivity contribution is 0.00790. The molecule has 0 saturated carbocycles. The highest BCUT2D eigenvalue weighted by Gasteiger charge is 2.30. The maximum Gasteiger partial charge on any atom is 0.105 e. The van der Waals surface area contributed by atoms with E-state index >= 15 is 0 Å². The van der Waals surface area contributed by atoms with E-state index < -0.39 is 12.2 Å². The van der Waals surface area contributed by atoms with E-state index in [4.69, 9.17) is 0 Å². The van der Waals surface area contributed by atoms with Crippen LogP contribution in [0.5, 0.6) is 0 Å². The van der Waals surface area contributed by atoms with E-state index in [0.717, 1.165) is 12.0 Å². The van der Waals surface area contributed by atoms with Gasteiger partial charge in [-0.25, -0.2) is 0 Å². The van der Waals surface area contributed by atoms with Gasteiger partial charge in [-0.15, -0.1) is 0 Å². The van der Waals surface area contributed by atoms with E-state index in [0.29, 0.717) is 12.3 Å².